The molecule has 0 unspecified atom stereocenters. The van der Waals surface area contributed by atoms with Gasteiger partial charge in [-0.05, 0) is 25.2 Å². The maximum absolute atomic E-state index is 12.8. The van der Waals surface area contributed by atoms with Crippen molar-refractivity contribution in [1.29, 1.82) is 0 Å². The van der Waals surface area contributed by atoms with Gasteiger partial charge in [-0.3, -0.25) is 14.4 Å². The molecule has 0 fully saturated rings. The van der Waals surface area contributed by atoms with Gasteiger partial charge in [0.2, 0.25) is 17.7 Å². The summed E-state index contributed by atoms with van der Waals surface area (Å²) in [7, 11) is 3.26. The number of carbonyl (C=O) groups is 3. The number of nitrogens with zero attached hydrogens (tertiary/aromatic N) is 2. The Labute approximate surface area is 140 Å². The lowest BCUT2D eigenvalue weighted by Crippen LogP contribution is -2.54. The third-order valence-electron chi connectivity index (χ3n) is 4.01. The van der Waals surface area contributed by atoms with Gasteiger partial charge in [0.25, 0.3) is 0 Å². The van der Waals surface area contributed by atoms with Crippen LogP contribution < -0.4 is 5.73 Å². The SMILES string of the molecule is CCCC(=O)N(C)[C@H](CCC)C(=O)N(C)[C@@H](CC(C)C)C(N)=O. The minimum absolute atomic E-state index is 0.0489. The number of rotatable bonds is 10. The summed E-state index contributed by atoms with van der Waals surface area (Å²) in [5.41, 5.74) is 5.47. The molecule has 2 N–H and O–H groups in total. The highest BCUT2D eigenvalue weighted by Crippen LogP contribution is 2.16. The summed E-state index contributed by atoms with van der Waals surface area (Å²) in [4.78, 5) is 39.6. The van der Waals surface area contributed by atoms with Crippen LogP contribution in [0.5, 0.6) is 0 Å². The van der Waals surface area contributed by atoms with Gasteiger partial charge >= 0.3 is 0 Å². The molecule has 6 nitrogen and oxygen atoms in total. The van der Waals surface area contributed by atoms with Crippen molar-refractivity contribution in [3.05, 3.63) is 0 Å². The highest BCUT2D eigenvalue weighted by molar-refractivity contribution is 5.91. The summed E-state index contributed by atoms with van der Waals surface area (Å²) >= 11 is 0. The van der Waals surface area contributed by atoms with Gasteiger partial charge in [0.15, 0.2) is 0 Å². The van der Waals surface area contributed by atoms with Gasteiger partial charge in [0.05, 0.1) is 0 Å². The Hall–Kier alpha value is -1.59. The molecule has 2 atom stereocenters. The largest absolute Gasteiger partial charge is 0.368 e. The maximum atomic E-state index is 12.8. The van der Waals surface area contributed by atoms with Crippen LogP contribution in [0.25, 0.3) is 0 Å². The molecule has 0 aliphatic rings. The number of primary amides is 1. The first-order valence-electron chi connectivity index (χ1n) is 8.48. The summed E-state index contributed by atoms with van der Waals surface area (Å²) in [6.07, 6.45) is 3.02. The second kappa shape index (κ2) is 10.2. The van der Waals surface area contributed by atoms with Crippen molar-refractivity contribution in [3.63, 3.8) is 0 Å². The zero-order valence-electron chi connectivity index (χ0n) is 15.5. The van der Waals surface area contributed by atoms with E-state index in [0.29, 0.717) is 19.3 Å². The van der Waals surface area contributed by atoms with Crippen LogP contribution in [0.4, 0.5) is 0 Å². The van der Waals surface area contributed by atoms with Crippen molar-refractivity contribution < 1.29 is 14.4 Å². The van der Waals surface area contributed by atoms with Crippen LogP contribution in [0.1, 0.15) is 59.8 Å². The van der Waals surface area contributed by atoms with Crippen LogP contribution in [0.3, 0.4) is 0 Å². The van der Waals surface area contributed by atoms with Gasteiger partial charge in [0, 0.05) is 20.5 Å². The molecule has 0 heterocycles. The number of nitrogens with two attached hydrogens (primary N) is 1. The molecule has 0 rings (SSSR count). The van der Waals surface area contributed by atoms with Gasteiger partial charge in [-0.2, -0.15) is 0 Å². The van der Waals surface area contributed by atoms with Gasteiger partial charge in [-0.25, -0.2) is 0 Å². The minimum Gasteiger partial charge on any atom is -0.368 e. The predicted molar refractivity (Wildman–Crippen MR) is 91.6 cm³/mol. The Morgan fingerprint density at radius 1 is 0.957 bits per heavy atom. The molecule has 0 aromatic carbocycles. The third kappa shape index (κ3) is 6.59. The summed E-state index contributed by atoms with van der Waals surface area (Å²) in [6.45, 7) is 7.86. The molecule has 0 aromatic rings. The zero-order chi connectivity index (χ0) is 18.2. The molecule has 0 aliphatic carbocycles. The van der Waals surface area contributed by atoms with E-state index in [1.807, 2.05) is 27.7 Å². The summed E-state index contributed by atoms with van der Waals surface area (Å²) in [5.74, 6) is -0.533. The smallest absolute Gasteiger partial charge is 0.245 e. The van der Waals surface area contributed by atoms with Crippen LogP contribution in [0, 0.1) is 5.92 Å². The van der Waals surface area contributed by atoms with Crippen molar-refractivity contribution in [3.8, 4) is 0 Å². The fraction of sp³-hybridized carbons (Fsp3) is 0.824. The molecule has 6 heteroatoms. The van der Waals surface area contributed by atoms with E-state index in [1.54, 1.807) is 14.1 Å². The van der Waals surface area contributed by atoms with E-state index in [4.69, 9.17) is 5.73 Å². The van der Waals surface area contributed by atoms with Crippen molar-refractivity contribution >= 4 is 17.7 Å². The summed E-state index contributed by atoms with van der Waals surface area (Å²) in [5, 5.41) is 0. The molecule has 0 saturated heterocycles. The molecule has 3 amide bonds. The van der Waals surface area contributed by atoms with Crippen molar-refractivity contribution in [2.45, 2.75) is 71.9 Å². The predicted octanol–water partition coefficient (Wildman–Crippen LogP) is 1.77. The Kier molecular flexibility index (Phi) is 9.53. The first-order chi connectivity index (χ1) is 10.7. The first-order valence-corrected chi connectivity index (χ1v) is 8.48. The second-order valence-electron chi connectivity index (χ2n) is 6.56. The Bertz CT molecular complexity index is 410. The van der Waals surface area contributed by atoms with E-state index < -0.39 is 18.0 Å². The lowest BCUT2D eigenvalue weighted by atomic mass is 10.0. The standard InChI is InChI=1S/C17H33N3O3/c1-7-9-13(19(5)15(21)10-8-2)17(23)20(6)14(16(18)22)11-12(3)4/h12-14H,7-11H2,1-6H3,(H2,18,22)/t13-,14+/m1/s1. The number of amides is 3. The van der Waals surface area contributed by atoms with Crippen molar-refractivity contribution in [1.82, 2.24) is 9.80 Å². The monoisotopic (exact) mass is 327 g/mol. The molecule has 0 spiro atoms. The quantitative estimate of drug-likeness (QED) is 0.664. The van der Waals surface area contributed by atoms with E-state index in [0.717, 1.165) is 12.8 Å². The molecule has 0 bridgehead atoms. The first kappa shape index (κ1) is 21.4. The average molecular weight is 327 g/mol. The van der Waals surface area contributed by atoms with Crippen molar-refractivity contribution in [2.75, 3.05) is 14.1 Å². The molecule has 0 saturated carbocycles. The summed E-state index contributed by atoms with van der Waals surface area (Å²) < 4.78 is 0. The zero-order valence-corrected chi connectivity index (χ0v) is 15.5. The van der Waals surface area contributed by atoms with E-state index in [1.165, 1.54) is 9.80 Å². The molecule has 0 aliphatic heterocycles. The van der Waals surface area contributed by atoms with Crippen LogP contribution in [0.15, 0.2) is 0 Å². The number of hydrogen-bond donors (Lipinski definition) is 1. The molecule has 0 radical (unpaired) electrons. The number of carbonyl (C=O) groups excluding carboxylic acids is 3. The Morgan fingerprint density at radius 2 is 1.52 bits per heavy atom. The normalized spacial score (nSPS) is 13.5. The molecule has 134 valence electrons. The molecule has 0 aromatic heterocycles. The van der Waals surface area contributed by atoms with Crippen LogP contribution in [-0.4, -0.2) is 53.7 Å². The third-order valence-corrected chi connectivity index (χ3v) is 4.01. The fourth-order valence-electron chi connectivity index (χ4n) is 2.62. The maximum Gasteiger partial charge on any atom is 0.245 e. The minimum atomic E-state index is -0.642. The topological polar surface area (TPSA) is 83.7 Å². The fourth-order valence-corrected chi connectivity index (χ4v) is 2.62. The molecule has 23 heavy (non-hydrogen) atoms. The lowest BCUT2D eigenvalue weighted by molar-refractivity contribution is -0.147. The van der Waals surface area contributed by atoms with E-state index >= 15 is 0 Å². The average Bonchev–Trinajstić information content (AvgIpc) is 2.48. The van der Waals surface area contributed by atoms with E-state index in [9.17, 15) is 14.4 Å². The van der Waals surface area contributed by atoms with Gasteiger partial charge in [-0.1, -0.05) is 34.1 Å². The van der Waals surface area contributed by atoms with Gasteiger partial charge in [-0.15, -0.1) is 0 Å². The van der Waals surface area contributed by atoms with Gasteiger partial charge < -0.3 is 15.5 Å². The van der Waals surface area contributed by atoms with Gasteiger partial charge in [0.1, 0.15) is 12.1 Å². The highest BCUT2D eigenvalue weighted by atomic mass is 16.2. The summed E-state index contributed by atoms with van der Waals surface area (Å²) in [6, 6.07) is -1.19. The molecular weight excluding hydrogens is 294 g/mol. The Morgan fingerprint density at radius 3 is 1.91 bits per heavy atom. The van der Waals surface area contributed by atoms with E-state index in [2.05, 4.69) is 0 Å². The van der Waals surface area contributed by atoms with E-state index in [-0.39, 0.29) is 17.7 Å². The van der Waals surface area contributed by atoms with Crippen molar-refractivity contribution in [2.24, 2.45) is 11.7 Å². The Balaban J connectivity index is 5.26. The van der Waals surface area contributed by atoms with Crippen LogP contribution in [0.2, 0.25) is 0 Å². The number of hydrogen-bond acceptors (Lipinski definition) is 3. The highest BCUT2D eigenvalue weighted by Gasteiger charge is 2.33. The second-order valence-corrected chi connectivity index (χ2v) is 6.56. The number of likely N-dealkylation sites (N-methyl/N-ethyl adjacent to an activating group) is 2. The van der Waals surface area contributed by atoms with Crippen LogP contribution >= 0.6 is 0 Å². The molecular formula is C17H33N3O3. The van der Waals surface area contributed by atoms with Crippen LogP contribution in [-0.2, 0) is 14.4 Å². The lowest BCUT2D eigenvalue weighted by Gasteiger charge is -2.34.